The number of Topliss-reactive ketones (excluding diaryl/α,β-unsaturated/α-hetero) is 1. The summed E-state index contributed by atoms with van der Waals surface area (Å²) < 4.78 is 0. The molecule has 2 nitrogen and oxygen atoms in total. The number of hydrogen-bond donors (Lipinski definition) is 0. The molecule has 0 aliphatic carbocycles. The van der Waals surface area contributed by atoms with E-state index >= 15 is 0 Å². The Labute approximate surface area is 144 Å². The first kappa shape index (κ1) is 19.3. The summed E-state index contributed by atoms with van der Waals surface area (Å²) in [4.78, 5) is 14.1. The molecule has 0 unspecified atom stereocenters. The minimum atomic E-state index is -0.229. The highest BCUT2D eigenvalue weighted by Gasteiger charge is 2.20. The van der Waals surface area contributed by atoms with Crippen molar-refractivity contribution in [3.05, 3.63) is 29.8 Å². The number of rotatable bonds is 9. The van der Waals surface area contributed by atoms with Gasteiger partial charge in [-0.1, -0.05) is 32.9 Å². The van der Waals surface area contributed by atoms with E-state index in [1.165, 1.54) is 5.56 Å². The number of anilines is 1. The summed E-state index contributed by atoms with van der Waals surface area (Å²) in [6, 6.07) is 8.48. The average Bonchev–Trinajstić information content (AvgIpc) is 2.47. The number of nitrogens with zero attached hydrogens (tertiary/aromatic N) is 1. The quantitative estimate of drug-likeness (QED) is 0.593. The first-order valence-corrected chi connectivity index (χ1v) is 8.94. The maximum atomic E-state index is 11.9. The van der Waals surface area contributed by atoms with Crippen molar-refractivity contribution in [3.63, 3.8) is 0 Å². The number of aryl methyl sites for hydroxylation is 1. The maximum absolute atomic E-state index is 11.9. The van der Waals surface area contributed by atoms with Crippen LogP contribution < -0.4 is 4.90 Å². The number of carbonyl (C=O) groups is 1. The highest BCUT2D eigenvalue weighted by molar-refractivity contribution is 6.18. The Morgan fingerprint density at radius 1 is 1.05 bits per heavy atom. The molecule has 0 fully saturated rings. The van der Waals surface area contributed by atoms with Crippen LogP contribution in [0.4, 0.5) is 5.69 Å². The van der Waals surface area contributed by atoms with Crippen LogP contribution >= 0.6 is 23.2 Å². The number of benzene rings is 1. The number of carbonyl (C=O) groups excluding carboxylic acids is 1. The van der Waals surface area contributed by atoms with Crippen LogP contribution in [-0.4, -0.2) is 30.6 Å². The van der Waals surface area contributed by atoms with Gasteiger partial charge < -0.3 is 4.90 Å². The van der Waals surface area contributed by atoms with Crippen molar-refractivity contribution in [3.8, 4) is 0 Å². The number of ketones is 1. The van der Waals surface area contributed by atoms with E-state index in [1.807, 2.05) is 20.8 Å². The highest BCUT2D eigenvalue weighted by Crippen LogP contribution is 2.20. The van der Waals surface area contributed by atoms with Crippen LogP contribution in [0.1, 0.15) is 39.2 Å². The third kappa shape index (κ3) is 6.58. The monoisotopic (exact) mass is 343 g/mol. The molecule has 0 saturated carbocycles. The second-order valence-corrected chi connectivity index (χ2v) is 7.31. The van der Waals surface area contributed by atoms with Crippen molar-refractivity contribution < 1.29 is 4.79 Å². The molecule has 0 radical (unpaired) electrons. The Bertz CT molecular complexity index is 445. The number of hydrogen-bond acceptors (Lipinski definition) is 2. The van der Waals surface area contributed by atoms with Gasteiger partial charge in [0.1, 0.15) is 5.78 Å². The molecule has 124 valence electrons. The van der Waals surface area contributed by atoms with E-state index in [1.54, 1.807) is 0 Å². The standard InChI is InChI=1S/C18H27Cl2NO/c1-18(2,3)17(22)6-4-5-15-7-9-16(10-8-15)21(13-11-19)14-12-20/h7-10H,4-6,11-14H2,1-3H3. The SMILES string of the molecule is CC(C)(C)C(=O)CCCc1ccc(N(CCCl)CCCl)cc1. The van der Waals surface area contributed by atoms with E-state index in [2.05, 4.69) is 29.2 Å². The molecule has 0 saturated heterocycles. The summed E-state index contributed by atoms with van der Waals surface area (Å²) in [5.41, 5.74) is 2.19. The second kappa shape index (κ2) is 9.42. The molecule has 0 heterocycles. The van der Waals surface area contributed by atoms with Crippen LogP contribution in [0.5, 0.6) is 0 Å². The molecule has 1 aromatic rings. The van der Waals surface area contributed by atoms with Crippen LogP contribution in [0.3, 0.4) is 0 Å². The van der Waals surface area contributed by atoms with E-state index in [0.717, 1.165) is 31.6 Å². The van der Waals surface area contributed by atoms with Crippen molar-refractivity contribution in [1.82, 2.24) is 0 Å². The molecule has 0 aliphatic rings. The normalized spacial score (nSPS) is 11.5. The third-order valence-electron chi connectivity index (χ3n) is 3.72. The Balaban J connectivity index is 2.52. The largest absolute Gasteiger partial charge is 0.369 e. The van der Waals surface area contributed by atoms with E-state index < -0.39 is 0 Å². The lowest BCUT2D eigenvalue weighted by Gasteiger charge is -2.23. The van der Waals surface area contributed by atoms with Gasteiger partial charge in [0.05, 0.1) is 0 Å². The Kier molecular flexibility index (Phi) is 8.27. The molecule has 4 heteroatoms. The van der Waals surface area contributed by atoms with E-state index in [9.17, 15) is 4.79 Å². The lowest BCUT2D eigenvalue weighted by Crippen LogP contribution is -2.27. The molecule has 1 rings (SSSR count). The summed E-state index contributed by atoms with van der Waals surface area (Å²) in [5, 5.41) is 0. The van der Waals surface area contributed by atoms with Crippen molar-refractivity contribution in [2.45, 2.75) is 40.0 Å². The van der Waals surface area contributed by atoms with Gasteiger partial charge in [0, 0.05) is 42.4 Å². The van der Waals surface area contributed by atoms with Gasteiger partial charge in [0.25, 0.3) is 0 Å². The highest BCUT2D eigenvalue weighted by atomic mass is 35.5. The lowest BCUT2D eigenvalue weighted by molar-refractivity contribution is -0.126. The van der Waals surface area contributed by atoms with Crippen molar-refractivity contribution in [2.24, 2.45) is 5.41 Å². The van der Waals surface area contributed by atoms with E-state index in [0.29, 0.717) is 24.0 Å². The molecular weight excluding hydrogens is 317 g/mol. The molecular formula is C18H27Cl2NO. The van der Waals surface area contributed by atoms with Crippen LogP contribution in [0.2, 0.25) is 0 Å². The van der Waals surface area contributed by atoms with E-state index in [-0.39, 0.29) is 5.41 Å². The maximum Gasteiger partial charge on any atom is 0.138 e. The summed E-state index contributed by atoms with van der Waals surface area (Å²) in [6.45, 7) is 7.53. The number of alkyl halides is 2. The van der Waals surface area contributed by atoms with Gasteiger partial charge in [-0.25, -0.2) is 0 Å². The average molecular weight is 344 g/mol. The van der Waals surface area contributed by atoms with Gasteiger partial charge in [0.2, 0.25) is 0 Å². The summed E-state index contributed by atoms with van der Waals surface area (Å²) >= 11 is 11.7. The summed E-state index contributed by atoms with van der Waals surface area (Å²) in [5.74, 6) is 1.51. The molecule has 0 spiro atoms. The fourth-order valence-electron chi connectivity index (χ4n) is 2.28. The zero-order valence-corrected chi connectivity index (χ0v) is 15.4. The van der Waals surface area contributed by atoms with Gasteiger partial charge in [-0.05, 0) is 30.5 Å². The first-order valence-electron chi connectivity index (χ1n) is 7.87. The van der Waals surface area contributed by atoms with E-state index in [4.69, 9.17) is 23.2 Å². The first-order chi connectivity index (χ1) is 10.4. The molecule has 0 aliphatic heterocycles. The smallest absolute Gasteiger partial charge is 0.138 e. The van der Waals surface area contributed by atoms with Gasteiger partial charge in [-0.15, -0.1) is 23.2 Å². The fourth-order valence-corrected chi connectivity index (χ4v) is 2.68. The number of halogens is 2. The van der Waals surface area contributed by atoms with Crippen LogP contribution in [0.15, 0.2) is 24.3 Å². The predicted molar refractivity (Wildman–Crippen MR) is 97.5 cm³/mol. The molecule has 0 bridgehead atoms. The predicted octanol–water partition coefficient (Wildman–Crippen LogP) is 4.91. The molecule has 0 N–H and O–H groups in total. The fraction of sp³-hybridized carbons (Fsp3) is 0.611. The van der Waals surface area contributed by atoms with Crippen LogP contribution in [-0.2, 0) is 11.2 Å². The molecule has 22 heavy (non-hydrogen) atoms. The van der Waals surface area contributed by atoms with Crippen LogP contribution in [0.25, 0.3) is 0 Å². The molecule has 0 aromatic heterocycles. The minimum Gasteiger partial charge on any atom is -0.369 e. The zero-order chi connectivity index (χ0) is 16.6. The summed E-state index contributed by atoms with van der Waals surface area (Å²) in [6.07, 6.45) is 2.49. The lowest BCUT2D eigenvalue weighted by atomic mass is 9.87. The topological polar surface area (TPSA) is 20.3 Å². The van der Waals surface area contributed by atoms with Gasteiger partial charge in [-0.3, -0.25) is 4.79 Å². The molecule has 0 amide bonds. The second-order valence-electron chi connectivity index (χ2n) is 6.56. The van der Waals surface area contributed by atoms with Gasteiger partial charge >= 0.3 is 0 Å². The third-order valence-corrected chi connectivity index (χ3v) is 4.05. The Morgan fingerprint density at radius 2 is 1.59 bits per heavy atom. The van der Waals surface area contributed by atoms with Crippen molar-refractivity contribution >= 4 is 34.7 Å². The summed E-state index contributed by atoms with van der Waals surface area (Å²) in [7, 11) is 0. The van der Waals surface area contributed by atoms with Gasteiger partial charge in [0.15, 0.2) is 0 Å². The Hall–Kier alpha value is -0.730. The Morgan fingerprint density at radius 3 is 2.05 bits per heavy atom. The minimum absolute atomic E-state index is 0.229. The van der Waals surface area contributed by atoms with Crippen molar-refractivity contribution in [2.75, 3.05) is 29.7 Å². The van der Waals surface area contributed by atoms with Gasteiger partial charge in [-0.2, -0.15) is 0 Å². The molecule has 1 aromatic carbocycles. The zero-order valence-electron chi connectivity index (χ0n) is 13.9. The van der Waals surface area contributed by atoms with Crippen molar-refractivity contribution in [1.29, 1.82) is 0 Å². The molecule has 0 atom stereocenters. The van der Waals surface area contributed by atoms with Crippen LogP contribution in [0, 0.1) is 5.41 Å².